The average Bonchev–Trinajstić information content (AvgIpc) is 2.35. The Kier molecular flexibility index (Phi) is 5.71. The Labute approximate surface area is 115 Å². The molecule has 0 heterocycles. The van der Waals surface area contributed by atoms with Crippen LogP contribution in [0.1, 0.15) is 43.4 Å². The largest absolute Gasteiger partial charge is 0.392 e. The molecule has 0 spiro atoms. The molecule has 2 nitrogen and oxygen atoms in total. The van der Waals surface area contributed by atoms with Gasteiger partial charge in [0.2, 0.25) is 0 Å². The summed E-state index contributed by atoms with van der Waals surface area (Å²) in [7, 11) is 0. The van der Waals surface area contributed by atoms with Crippen LogP contribution in [0.2, 0.25) is 0 Å². The van der Waals surface area contributed by atoms with Gasteiger partial charge in [-0.1, -0.05) is 48.9 Å². The van der Waals surface area contributed by atoms with Gasteiger partial charge in [0.25, 0.3) is 0 Å². The Hall–Kier alpha value is -1.67. The maximum Gasteiger partial charge on any atom is 0.155 e. The Morgan fingerprint density at radius 1 is 1.37 bits per heavy atom. The molecule has 1 unspecified atom stereocenters. The molecule has 0 aliphatic heterocycles. The first kappa shape index (κ1) is 15.4. The maximum atomic E-state index is 11.3. The lowest BCUT2D eigenvalue weighted by molar-refractivity contribution is -0.113. The average molecular weight is 258 g/mol. The van der Waals surface area contributed by atoms with Crippen molar-refractivity contribution in [2.24, 2.45) is 0 Å². The Balaban J connectivity index is 3.15. The summed E-state index contributed by atoms with van der Waals surface area (Å²) in [4.78, 5) is 11.3. The molecule has 102 valence electrons. The topological polar surface area (TPSA) is 37.3 Å². The minimum absolute atomic E-state index is 0.0318. The highest BCUT2D eigenvalue weighted by atomic mass is 16.2. The van der Waals surface area contributed by atoms with Crippen LogP contribution in [0, 0.1) is 6.92 Å². The van der Waals surface area contributed by atoms with Crippen LogP contribution in [0.15, 0.2) is 35.9 Å². The van der Waals surface area contributed by atoms with Crippen LogP contribution < -0.4 is 0 Å². The third kappa shape index (κ3) is 4.49. The van der Waals surface area contributed by atoms with E-state index in [1.807, 2.05) is 26.0 Å². The van der Waals surface area contributed by atoms with Gasteiger partial charge in [-0.3, -0.25) is 4.79 Å². The second-order valence-electron chi connectivity index (χ2n) is 4.91. The van der Waals surface area contributed by atoms with Gasteiger partial charge >= 0.3 is 0 Å². The molecule has 0 saturated heterocycles. The molecule has 1 atom stereocenters. The Morgan fingerprint density at radius 3 is 2.63 bits per heavy atom. The zero-order chi connectivity index (χ0) is 14.4. The number of Topliss-reactive ketones (excluding diaryl/α,β-unsaturated/α-hetero) is 1. The number of hydrogen-bond donors (Lipinski definition) is 1. The quantitative estimate of drug-likeness (QED) is 0.819. The number of benzene rings is 1. The molecule has 19 heavy (non-hydrogen) atoms. The fourth-order valence-electron chi connectivity index (χ4n) is 2.01. The highest BCUT2D eigenvalue weighted by Crippen LogP contribution is 2.24. The van der Waals surface area contributed by atoms with Crippen molar-refractivity contribution in [3.05, 3.63) is 52.6 Å². The Bertz CT molecular complexity index is 510. The van der Waals surface area contributed by atoms with Crippen molar-refractivity contribution in [2.75, 3.05) is 6.61 Å². The lowest BCUT2D eigenvalue weighted by Crippen LogP contribution is -1.99. The lowest BCUT2D eigenvalue weighted by atomic mass is 9.92. The number of ketones is 1. The number of carbonyl (C=O) groups is 1. The van der Waals surface area contributed by atoms with E-state index in [0.717, 1.165) is 16.7 Å². The summed E-state index contributed by atoms with van der Waals surface area (Å²) < 4.78 is 0. The molecule has 1 N–H and O–H groups in total. The van der Waals surface area contributed by atoms with Crippen LogP contribution in [0.25, 0.3) is 6.08 Å². The molecule has 0 amide bonds. The van der Waals surface area contributed by atoms with Crippen molar-refractivity contribution < 1.29 is 9.90 Å². The fourth-order valence-corrected chi connectivity index (χ4v) is 2.01. The molecule has 0 aromatic heterocycles. The molecule has 0 aliphatic rings. The summed E-state index contributed by atoms with van der Waals surface area (Å²) in [6.07, 6.45) is 5.64. The fraction of sp³-hybridized carbons (Fsp3) is 0.353. The SMILES string of the molecule is CC(=O)C(C)=CC(C)c1ccc(C)cc1C=CCO. The van der Waals surface area contributed by atoms with Crippen LogP contribution in [0.3, 0.4) is 0 Å². The van der Waals surface area contributed by atoms with Crippen molar-refractivity contribution in [3.8, 4) is 0 Å². The van der Waals surface area contributed by atoms with Gasteiger partial charge in [-0.15, -0.1) is 0 Å². The van der Waals surface area contributed by atoms with E-state index in [0.29, 0.717) is 0 Å². The summed E-state index contributed by atoms with van der Waals surface area (Å²) in [5.74, 6) is 0.272. The van der Waals surface area contributed by atoms with Crippen LogP contribution >= 0.6 is 0 Å². The van der Waals surface area contributed by atoms with E-state index in [2.05, 4.69) is 25.1 Å². The van der Waals surface area contributed by atoms with Crippen molar-refractivity contribution >= 4 is 11.9 Å². The monoisotopic (exact) mass is 258 g/mol. The molecule has 0 fully saturated rings. The van der Waals surface area contributed by atoms with Gasteiger partial charge in [0.1, 0.15) is 0 Å². The molecule has 1 rings (SSSR count). The second kappa shape index (κ2) is 7.05. The summed E-state index contributed by atoms with van der Waals surface area (Å²) in [5, 5.41) is 8.90. The van der Waals surface area contributed by atoms with E-state index in [9.17, 15) is 4.79 Å². The number of aliphatic hydroxyl groups is 1. The minimum Gasteiger partial charge on any atom is -0.392 e. The lowest BCUT2D eigenvalue weighted by Gasteiger charge is -2.13. The van der Waals surface area contributed by atoms with Crippen molar-refractivity contribution in [1.29, 1.82) is 0 Å². The van der Waals surface area contributed by atoms with Crippen LogP contribution in [-0.4, -0.2) is 17.5 Å². The molecule has 2 heteroatoms. The first-order valence-electron chi connectivity index (χ1n) is 6.53. The smallest absolute Gasteiger partial charge is 0.155 e. The normalized spacial score (nSPS) is 13.8. The second-order valence-corrected chi connectivity index (χ2v) is 4.91. The van der Waals surface area contributed by atoms with Crippen molar-refractivity contribution in [2.45, 2.75) is 33.6 Å². The highest BCUT2D eigenvalue weighted by Gasteiger charge is 2.08. The maximum absolute atomic E-state index is 11.3. The number of allylic oxidation sites excluding steroid dienone is 2. The third-order valence-corrected chi connectivity index (χ3v) is 3.19. The summed E-state index contributed by atoms with van der Waals surface area (Å²) in [5.41, 5.74) is 4.22. The zero-order valence-corrected chi connectivity index (χ0v) is 12.1. The Morgan fingerprint density at radius 2 is 2.05 bits per heavy atom. The molecular formula is C17H22O2. The number of hydrogen-bond acceptors (Lipinski definition) is 2. The van der Waals surface area contributed by atoms with E-state index in [-0.39, 0.29) is 18.3 Å². The summed E-state index contributed by atoms with van der Waals surface area (Å²) in [6, 6.07) is 6.24. The zero-order valence-electron chi connectivity index (χ0n) is 12.1. The van der Waals surface area contributed by atoms with Gasteiger partial charge in [-0.2, -0.15) is 0 Å². The van der Waals surface area contributed by atoms with Gasteiger partial charge in [0.05, 0.1) is 6.61 Å². The van der Waals surface area contributed by atoms with Gasteiger partial charge in [-0.25, -0.2) is 0 Å². The summed E-state index contributed by atoms with van der Waals surface area (Å²) in [6.45, 7) is 7.58. The number of aryl methyl sites for hydroxylation is 1. The number of aliphatic hydroxyl groups excluding tert-OH is 1. The van der Waals surface area contributed by atoms with Crippen LogP contribution in [0.5, 0.6) is 0 Å². The van der Waals surface area contributed by atoms with Crippen molar-refractivity contribution in [3.63, 3.8) is 0 Å². The molecular weight excluding hydrogens is 236 g/mol. The van der Waals surface area contributed by atoms with Crippen molar-refractivity contribution in [1.82, 2.24) is 0 Å². The van der Waals surface area contributed by atoms with Gasteiger partial charge in [0.15, 0.2) is 5.78 Å². The predicted octanol–water partition coefficient (Wildman–Crippen LogP) is 3.64. The minimum atomic E-state index is 0.0318. The van der Waals surface area contributed by atoms with Gasteiger partial charge in [-0.05, 0) is 37.5 Å². The third-order valence-electron chi connectivity index (χ3n) is 3.19. The molecule has 0 saturated carbocycles. The van der Waals surface area contributed by atoms with E-state index in [4.69, 9.17) is 5.11 Å². The standard InChI is InChI=1S/C17H22O2/c1-12-7-8-17(16(10-12)6-5-9-18)14(3)11-13(2)15(4)19/h5-8,10-11,14,18H,9H2,1-4H3. The van der Waals surface area contributed by atoms with Gasteiger partial charge in [0, 0.05) is 5.92 Å². The summed E-state index contributed by atoms with van der Waals surface area (Å²) >= 11 is 0. The first-order chi connectivity index (χ1) is 8.95. The van der Waals surface area contributed by atoms with E-state index >= 15 is 0 Å². The number of rotatable bonds is 5. The molecule has 1 aromatic rings. The van der Waals surface area contributed by atoms with Crippen LogP contribution in [-0.2, 0) is 4.79 Å². The van der Waals surface area contributed by atoms with E-state index in [1.54, 1.807) is 13.0 Å². The molecule has 0 aliphatic carbocycles. The van der Waals surface area contributed by atoms with Crippen LogP contribution in [0.4, 0.5) is 0 Å². The predicted molar refractivity (Wildman–Crippen MR) is 80.2 cm³/mol. The highest BCUT2D eigenvalue weighted by molar-refractivity contribution is 5.92. The molecule has 0 radical (unpaired) electrons. The van der Waals surface area contributed by atoms with E-state index < -0.39 is 0 Å². The van der Waals surface area contributed by atoms with Gasteiger partial charge < -0.3 is 5.11 Å². The number of carbonyl (C=O) groups excluding carboxylic acids is 1. The van der Waals surface area contributed by atoms with E-state index in [1.165, 1.54) is 5.56 Å². The molecule has 1 aromatic carbocycles. The first-order valence-corrected chi connectivity index (χ1v) is 6.53. The molecule has 0 bridgehead atoms.